The Labute approximate surface area is 274 Å². The Balaban J connectivity index is 0.00000212. The Hall–Kier alpha value is -2.40. The molecule has 9 nitrogen and oxygen atoms in total. The third-order valence-corrected chi connectivity index (χ3v) is 8.74. The van der Waals surface area contributed by atoms with Crippen molar-refractivity contribution in [2.45, 2.75) is 38.3 Å². The number of halogens is 4. The van der Waals surface area contributed by atoms with Gasteiger partial charge in [0, 0.05) is 53.8 Å². The van der Waals surface area contributed by atoms with Crippen molar-refractivity contribution < 1.29 is 14.3 Å². The standard InChI is InChI=1S/C30H34Cl2N6O3.2ClH/c1-40-29(39)10-19-3-6-37(7-4-19)16-20-8-26(22-11-23(31)13-24(32)12-22)36-28(9-20)41-25-14-34-30(35-15-25)38-17-21-2-5-33-27(21)18-38;;/h8-9,11-15,19,21,27,33H,2-7,10,16-18H2,1H3;2*1H/t21-,27+;;/m1../s1. The van der Waals surface area contributed by atoms with Crippen molar-refractivity contribution in [2.24, 2.45) is 11.8 Å². The van der Waals surface area contributed by atoms with Crippen molar-refractivity contribution in [2.75, 3.05) is 44.7 Å². The van der Waals surface area contributed by atoms with Gasteiger partial charge in [-0.1, -0.05) is 23.2 Å². The molecule has 0 saturated carbocycles. The van der Waals surface area contributed by atoms with Gasteiger partial charge in [-0.3, -0.25) is 9.69 Å². The first-order chi connectivity index (χ1) is 19.9. The molecule has 1 aromatic carbocycles. The molecule has 13 heteroatoms. The maximum Gasteiger partial charge on any atom is 0.305 e. The van der Waals surface area contributed by atoms with Gasteiger partial charge in [-0.2, -0.15) is 0 Å². The second-order valence-corrected chi connectivity index (χ2v) is 12.1. The van der Waals surface area contributed by atoms with E-state index in [0.717, 1.165) is 74.9 Å². The highest BCUT2D eigenvalue weighted by atomic mass is 35.5. The molecule has 3 aliphatic rings. The highest BCUT2D eigenvalue weighted by Gasteiger charge is 2.36. The van der Waals surface area contributed by atoms with E-state index in [-0.39, 0.29) is 30.8 Å². The number of nitrogens with one attached hydrogen (secondary N) is 1. The fraction of sp³-hybridized carbons (Fsp3) is 0.467. The summed E-state index contributed by atoms with van der Waals surface area (Å²) >= 11 is 12.6. The van der Waals surface area contributed by atoms with Gasteiger partial charge in [0.15, 0.2) is 5.75 Å². The number of benzene rings is 1. The van der Waals surface area contributed by atoms with E-state index < -0.39 is 0 Å². The van der Waals surface area contributed by atoms with Crippen LogP contribution in [0.25, 0.3) is 11.3 Å². The van der Waals surface area contributed by atoms with E-state index in [1.165, 1.54) is 13.5 Å². The van der Waals surface area contributed by atoms with E-state index >= 15 is 0 Å². The maximum atomic E-state index is 11.7. The molecular formula is C30H36Cl4N6O3. The molecule has 2 atom stereocenters. The van der Waals surface area contributed by atoms with Gasteiger partial charge in [0.2, 0.25) is 11.8 Å². The maximum absolute atomic E-state index is 11.7. The predicted molar refractivity (Wildman–Crippen MR) is 173 cm³/mol. The van der Waals surface area contributed by atoms with E-state index in [2.05, 4.69) is 25.1 Å². The van der Waals surface area contributed by atoms with Gasteiger partial charge >= 0.3 is 5.97 Å². The molecule has 3 aromatic rings. The van der Waals surface area contributed by atoms with Crippen molar-refractivity contribution in [3.63, 3.8) is 0 Å². The lowest BCUT2D eigenvalue weighted by molar-refractivity contribution is -0.142. The Kier molecular flexibility index (Phi) is 11.7. The quantitative estimate of drug-likeness (QED) is 0.288. The summed E-state index contributed by atoms with van der Waals surface area (Å²) in [6.45, 7) is 5.54. The minimum absolute atomic E-state index is 0. The molecule has 232 valence electrons. The Bertz CT molecular complexity index is 1360. The van der Waals surface area contributed by atoms with Crippen LogP contribution in [0.4, 0.5) is 5.95 Å². The first-order valence-corrected chi connectivity index (χ1v) is 14.9. The number of aromatic nitrogens is 3. The summed E-state index contributed by atoms with van der Waals surface area (Å²) in [5.41, 5.74) is 2.59. The average molecular weight is 670 g/mol. The molecule has 0 spiro atoms. The fourth-order valence-corrected chi connectivity index (χ4v) is 6.66. The molecule has 5 heterocycles. The topological polar surface area (TPSA) is 92.7 Å². The summed E-state index contributed by atoms with van der Waals surface area (Å²) < 4.78 is 11.0. The van der Waals surface area contributed by atoms with Crippen LogP contribution < -0.4 is 15.0 Å². The second kappa shape index (κ2) is 15.1. The first kappa shape index (κ1) is 33.5. The van der Waals surface area contributed by atoms with E-state index in [1.54, 1.807) is 18.5 Å². The number of anilines is 1. The number of pyridine rings is 1. The van der Waals surface area contributed by atoms with Crippen LogP contribution in [-0.4, -0.2) is 71.7 Å². The zero-order valence-corrected chi connectivity index (χ0v) is 27.0. The van der Waals surface area contributed by atoms with Gasteiger partial charge in [0.1, 0.15) is 0 Å². The molecule has 0 unspecified atom stereocenters. The number of piperidine rings is 1. The summed E-state index contributed by atoms with van der Waals surface area (Å²) in [5, 5.41) is 4.65. The lowest BCUT2D eigenvalue weighted by Gasteiger charge is -2.31. The third kappa shape index (κ3) is 8.41. The van der Waals surface area contributed by atoms with Crippen LogP contribution in [0.15, 0.2) is 42.7 Å². The second-order valence-electron chi connectivity index (χ2n) is 11.2. The number of carbonyl (C=O) groups excluding carboxylic acids is 1. The largest absolute Gasteiger partial charge is 0.469 e. The number of likely N-dealkylation sites (tertiary alicyclic amines) is 1. The number of hydrogen-bond acceptors (Lipinski definition) is 9. The number of rotatable bonds is 8. The predicted octanol–water partition coefficient (Wildman–Crippen LogP) is 6.05. The van der Waals surface area contributed by atoms with Crippen LogP contribution in [0.2, 0.25) is 10.0 Å². The van der Waals surface area contributed by atoms with Crippen molar-refractivity contribution in [3.05, 3.63) is 58.3 Å². The number of esters is 1. The summed E-state index contributed by atoms with van der Waals surface area (Å²) in [5.74, 6) is 2.58. The van der Waals surface area contributed by atoms with Crippen LogP contribution in [0, 0.1) is 11.8 Å². The van der Waals surface area contributed by atoms with Crippen LogP contribution in [0.5, 0.6) is 11.6 Å². The van der Waals surface area contributed by atoms with Crippen LogP contribution >= 0.6 is 48.0 Å². The first-order valence-electron chi connectivity index (χ1n) is 14.2. The number of methoxy groups -OCH3 is 1. The smallest absolute Gasteiger partial charge is 0.305 e. The molecular weight excluding hydrogens is 634 g/mol. The summed E-state index contributed by atoms with van der Waals surface area (Å²) in [4.78, 5) is 30.3. The van der Waals surface area contributed by atoms with Crippen LogP contribution in [-0.2, 0) is 16.1 Å². The van der Waals surface area contributed by atoms with Gasteiger partial charge in [-0.05, 0) is 80.6 Å². The van der Waals surface area contributed by atoms with Crippen LogP contribution in [0.3, 0.4) is 0 Å². The van der Waals surface area contributed by atoms with Gasteiger partial charge < -0.3 is 19.7 Å². The Morgan fingerprint density at radius 1 is 1.00 bits per heavy atom. The molecule has 3 saturated heterocycles. The Morgan fingerprint density at radius 3 is 2.40 bits per heavy atom. The number of hydrogen-bond donors (Lipinski definition) is 1. The number of nitrogens with zero attached hydrogens (tertiary/aromatic N) is 5. The molecule has 43 heavy (non-hydrogen) atoms. The van der Waals surface area contributed by atoms with Crippen molar-refractivity contribution in [1.82, 2.24) is 25.2 Å². The third-order valence-electron chi connectivity index (χ3n) is 8.30. The number of carbonyl (C=O) groups is 1. The zero-order valence-electron chi connectivity index (χ0n) is 23.9. The van der Waals surface area contributed by atoms with Crippen molar-refractivity contribution in [3.8, 4) is 22.9 Å². The number of fused-ring (bicyclic) bond motifs is 1. The van der Waals surface area contributed by atoms with Crippen molar-refractivity contribution in [1.29, 1.82) is 0 Å². The van der Waals surface area contributed by atoms with Crippen molar-refractivity contribution >= 4 is 59.9 Å². The highest BCUT2D eigenvalue weighted by molar-refractivity contribution is 6.35. The van der Waals surface area contributed by atoms with Gasteiger partial charge in [-0.15, -0.1) is 24.8 Å². The van der Waals surface area contributed by atoms with E-state index in [1.807, 2.05) is 24.3 Å². The van der Waals surface area contributed by atoms with Gasteiger partial charge in [-0.25, -0.2) is 15.0 Å². The summed E-state index contributed by atoms with van der Waals surface area (Å²) in [6.07, 6.45) is 7.02. The average Bonchev–Trinajstić information content (AvgIpc) is 3.57. The van der Waals surface area contributed by atoms with Crippen LogP contribution in [0.1, 0.15) is 31.2 Å². The monoisotopic (exact) mass is 668 g/mol. The van der Waals surface area contributed by atoms with E-state index in [0.29, 0.717) is 46.0 Å². The van der Waals surface area contributed by atoms with Gasteiger partial charge in [0.05, 0.1) is 25.2 Å². The molecule has 2 aromatic heterocycles. The minimum Gasteiger partial charge on any atom is -0.469 e. The molecule has 0 radical (unpaired) electrons. The Morgan fingerprint density at radius 2 is 1.72 bits per heavy atom. The molecule has 0 aliphatic carbocycles. The lowest BCUT2D eigenvalue weighted by Crippen LogP contribution is -2.34. The molecule has 0 bridgehead atoms. The molecule has 3 aliphatic heterocycles. The molecule has 3 fully saturated rings. The van der Waals surface area contributed by atoms with E-state index in [9.17, 15) is 4.79 Å². The van der Waals surface area contributed by atoms with Gasteiger partial charge in [0.25, 0.3) is 0 Å². The highest BCUT2D eigenvalue weighted by Crippen LogP contribution is 2.32. The molecule has 0 amide bonds. The molecule has 6 rings (SSSR count). The lowest BCUT2D eigenvalue weighted by atomic mass is 9.93. The molecule has 1 N–H and O–H groups in total. The SMILES string of the molecule is COC(=O)CC1CCN(Cc2cc(Oc3cnc(N4C[C@H]5CCN[C@H]5C4)nc3)nc(-c3cc(Cl)cc(Cl)c3)c2)CC1.Cl.Cl. The normalized spacial score (nSPS) is 20.2. The summed E-state index contributed by atoms with van der Waals surface area (Å²) in [6, 6.07) is 9.93. The zero-order chi connectivity index (χ0) is 28.3. The fourth-order valence-electron chi connectivity index (χ4n) is 6.14. The van der Waals surface area contributed by atoms with E-state index in [4.69, 9.17) is 37.7 Å². The number of ether oxygens (including phenoxy) is 2. The minimum atomic E-state index is -0.138. The summed E-state index contributed by atoms with van der Waals surface area (Å²) in [7, 11) is 1.45.